The number of nitrogens with zero attached hydrogens (tertiary/aromatic N) is 4. The van der Waals surface area contributed by atoms with Gasteiger partial charge in [0.2, 0.25) is 11.8 Å². The van der Waals surface area contributed by atoms with Crippen LogP contribution < -0.4 is 15.0 Å². The van der Waals surface area contributed by atoms with Crippen molar-refractivity contribution in [3.8, 4) is 5.75 Å². The average Bonchev–Trinajstić information content (AvgIpc) is 3.30. The number of ether oxygens (including phenoxy) is 1. The highest BCUT2D eigenvalue weighted by Crippen LogP contribution is 2.41. The van der Waals surface area contributed by atoms with E-state index < -0.39 is 0 Å². The van der Waals surface area contributed by atoms with Crippen LogP contribution in [0.3, 0.4) is 0 Å². The van der Waals surface area contributed by atoms with Crippen molar-refractivity contribution in [3.63, 3.8) is 0 Å². The van der Waals surface area contributed by atoms with Crippen LogP contribution in [-0.4, -0.2) is 71.5 Å². The van der Waals surface area contributed by atoms with Crippen LogP contribution in [0.1, 0.15) is 36.5 Å². The molecule has 10 heteroatoms. The molecule has 1 fully saturated rings. The van der Waals surface area contributed by atoms with Gasteiger partial charge in [0.25, 0.3) is 0 Å². The third-order valence-electron chi connectivity index (χ3n) is 7.26. The second-order valence-electron chi connectivity index (χ2n) is 9.99. The zero-order valence-electron chi connectivity index (χ0n) is 22.3. The minimum Gasteiger partial charge on any atom is -0.497 e. The highest BCUT2D eigenvalue weighted by molar-refractivity contribution is 8.00. The van der Waals surface area contributed by atoms with Crippen LogP contribution in [0.5, 0.6) is 5.75 Å². The highest BCUT2D eigenvalue weighted by Gasteiger charge is 2.28. The number of nitrogens with one attached hydrogen (secondary N) is 1. The van der Waals surface area contributed by atoms with Gasteiger partial charge in [-0.15, -0.1) is 23.1 Å². The molecule has 1 N–H and O–H groups in total. The number of methoxy groups -OCH3 is 1. The van der Waals surface area contributed by atoms with E-state index in [1.54, 1.807) is 31.4 Å². The van der Waals surface area contributed by atoms with Crippen LogP contribution in [0.25, 0.3) is 10.2 Å². The Kier molecular flexibility index (Phi) is 8.38. The van der Waals surface area contributed by atoms with E-state index in [1.807, 2.05) is 16.2 Å². The number of aryl methyl sites for hydroxylation is 2. The number of hydrogen-bond acceptors (Lipinski definition) is 8. The molecule has 2 aromatic heterocycles. The number of amides is 2. The molecule has 0 bridgehead atoms. The third-order valence-corrected chi connectivity index (χ3v) is 9.33. The molecule has 202 valence electrons. The molecule has 1 aliphatic heterocycles. The number of rotatable bonds is 8. The number of carbonyl (C=O) groups excluding carboxylic acids is 2. The van der Waals surface area contributed by atoms with Crippen molar-refractivity contribution in [2.24, 2.45) is 5.92 Å². The fraction of sp³-hybridized carbons (Fsp3) is 0.500. The van der Waals surface area contributed by atoms with Crippen LogP contribution in [0.4, 0.5) is 11.5 Å². The number of anilines is 2. The second-order valence-corrected chi connectivity index (χ2v) is 12.1. The van der Waals surface area contributed by atoms with Crippen molar-refractivity contribution in [1.29, 1.82) is 0 Å². The predicted molar refractivity (Wildman–Crippen MR) is 156 cm³/mol. The number of aromatic nitrogens is 2. The van der Waals surface area contributed by atoms with E-state index in [4.69, 9.17) is 14.7 Å². The first-order valence-electron chi connectivity index (χ1n) is 13.3. The summed E-state index contributed by atoms with van der Waals surface area (Å²) in [6, 6.07) is 7.20. The first-order chi connectivity index (χ1) is 18.4. The van der Waals surface area contributed by atoms with Gasteiger partial charge < -0.3 is 19.9 Å². The van der Waals surface area contributed by atoms with E-state index >= 15 is 0 Å². The molecule has 1 aliphatic carbocycles. The van der Waals surface area contributed by atoms with Crippen LogP contribution in [-0.2, 0) is 28.9 Å². The number of thioether (sulfide) groups is 1. The summed E-state index contributed by atoms with van der Waals surface area (Å²) in [6.45, 7) is 7.27. The summed E-state index contributed by atoms with van der Waals surface area (Å²) < 4.78 is 5.14. The van der Waals surface area contributed by atoms with Crippen LogP contribution >= 0.6 is 23.1 Å². The maximum absolute atomic E-state index is 12.9. The van der Waals surface area contributed by atoms with Gasteiger partial charge in [-0.3, -0.25) is 9.59 Å². The van der Waals surface area contributed by atoms with Gasteiger partial charge in [0, 0.05) is 43.2 Å². The molecule has 0 saturated carbocycles. The number of hydrogen-bond donors (Lipinski definition) is 1. The lowest BCUT2D eigenvalue weighted by molar-refractivity contribution is -0.128. The number of piperazine rings is 1. The first kappa shape index (κ1) is 26.7. The molecule has 8 nitrogen and oxygen atoms in total. The highest BCUT2D eigenvalue weighted by atomic mass is 32.2. The van der Waals surface area contributed by atoms with Gasteiger partial charge >= 0.3 is 0 Å². The topological polar surface area (TPSA) is 87.7 Å². The third kappa shape index (κ3) is 5.91. The molecule has 38 heavy (non-hydrogen) atoms. The number of thiophene rings is 1. The quantitative estimate of drug-likeness (QED) is 0.442. The molecular weight excluding hydrogens is 518 g/mol. The van der Waals surface area contributed by atoms with Crippen molar-refractivity contribution in [1.82, 2.24) is 14.9 Å². The van der Waals surface area contributed by atoms with E-state index in [-0.39, 0.29) is 17.6 Å². The largest absolute Gasteiger partial charge is 0.497 e. The Morgan fingerprint density at radius 2 is 1.89 bits per heavy atom. The SMILES string of the molecule is CCc1nc(N2CCN(C(=O)CSCC(=O)Nc3ccc(OC)cc3)CC2)c2c3c(sc2n1)C[C@H](C)CC3. The Labute approximate surface area is 232 Å². The Balaban J connectivity index is 1.16. The normalized spacial score (nSPS) is 17.4. The Bertz CT molecular complexity index is 1300. The van der Waals surface area contributed by atoms with Gasteiger partial charge in [-0.1, -0.05) is 13.8 Å². The Morgan fingerprint density at radius 3 is 2.61 bits per heavy atom. The molecular formula is C28H35N5O3S2. The molecule has 3 heterocycles. The number of benzene rings is 1. The second kappa shape index (κ2) is 11.9. The summed E-state index contributed by atoms with van der Waals surface area (Å²) in [4.78, 5) is 41.9. The van der Waals surface area contributed by atoms with Crippen LogP contribution in [0.15, 0.2) is 24.3 Å². The molecule has 0 unspecified atom stereocenters. The van der Waals surface area contributed by atoms with Crippen molar-refractivity contribution in [2.75, 3.05) is 55.0 Å². The predicted octanol–water partition coefficient (Wildman–Crippen LogP) is 4.41. The minimum atomic E-state index is -0.120. The van der Waals surface area contributed by atoms with Gasteiger partial charge in [-0.25, -0.2) is 9.97 Å². The molecule has 3 aromatic rings. The van der Waals surface area contributed by atoms with Gasteiger partial charge in [0.1, 0.15) is 22.2 Å². The smallest absolute Gasteiger partial charge is 0.234 e. The molecule has 0 radical (unpaired) electrons. The first-order valence-corrected chi connectivity index (χ1v) is 15.3. The van der Waals surface area contributed by atoms with E-state index in [9.17, 15) is 9.59 Å². The lowest BCUT2D eigenvalue weighted by atomic mass is 9.89. The lowest BCUT2D eigenvalue weighted by Gasteiger charge is -2.36. The fourth-order valence-electron chi connectivity index (χ4n) is 5.11. The van der Waals surface area contributed by atoms with Crippen LogP contribution in [0, 0.1) is 5.92 Å². The molecule has 1 atom stereocenters. The maximum atomic E-state index is 12.9. The summed E-state index contributed by atoms with van der Waals surface area (Å²) >= 11 is 3.20. The summed E-state index contributed by atoms with van der Waals surface area (Å²) in [5.41, 5.74) is 2.16. The molecule has 5 rings (SSSR count). The van der Waals surface area contributed by atoms with E-state index in [1.165, 1.54) is 34.0 Å². The van der Waals surface area contributed by atoms with Crippen molar-refractivity contribution < 1.29 is 14.3 Å². The molecule has 2 aliphatic rings. The molecule has 1 saturated heterocycles. The van der Waals surface area contributed by atoms with Gasteiger partial charge in [-0.05, 0) is 55.0 Å². The van der Waals surface area contributed by atoms with Crippen molar-refractivity contribution >= 4 is 56.6 Å². The summed E-state index contributed by atoms with van der Waals surface area (Å²) in [7, 11) is 1.61. The van der Waals surface area contributed by atoms with E-state index in [0.29, 0.717) is 24.5 Å². The molecule has 0 spiro atoms. The molecule has 2 amide bonds. The van der Waals surface area contributed by atoms with E-state index in [2.05, 4.69) is 24.1 Å². The van der Waals surface area contributed by atoms with Crippen molar-refractivity contribution in [2.45, 2.75) is 39.5 Å². The summed E-state index contributed by atoms with van der Waals surface area (Å²) in [5.74, 6) is 3.89. The zero-order valence-corrected chi connectivity index (χ0v) is 23.9. The average molecular weight is 554 g/mol. The van der Waals surface area contributed by atoms with Gasteiger partial charge in [0.05, 0.1) is 24.0 Å². The van der Waals surface area contributed by atoms with Crippen molar-refractivity contribution in [3.05, 3.63) is 40.5 Å². The van der Waals surface area contributed by atoms with Gasteiger partial charge in [-0.2, -0.15) is 0 Å². The zero-order chi connectivity index (χ0) is 26.6. The molecule has 1 aromatic carbocycles. The lowest BCUT2D eigenvalue weighted by Crippen LogP contribution is -2.49. The Morgan fingerprint density at radius 1 is 1.13 bits per heavy atom. The summed E-state index contributed by atoms with van der Waals surface area (Å²) in [5, 5.41) is 4.10. The van der Waals surface area contributed by atoms with E-state index in [0.717, 1.165) is 60.5 Å². The fourth-order valence-corrected chi connectivity index (χ4v) is 7.23. The minimum absolute atomic E-state index is 0.0795. The monoisotopic (exact) mass is 553 g/mol. The maximum Gasteiger partial charge on any atom is 0.234 e. The standard InChI is InChI=1S/C28H35N5O3S2/c1-4-23-30-27(26-21-10-5-18(2)15-22(21)38-28(26)31-23)33-13-11-32(12-14-33)25(35)17-37-16-24(34)29-19-6-8-20(36-3)9-7-19/h6-9,18H,4-5,10-17H2,1-3H3,(H,29,34)/t18-/m1/s1. The Hall–Kier alpha value is -2.85. The van der Waals surface area contributed by atoms with Crippen LogP contribution in [0.2, 0.25) is 0 Å². The van der Waals surface area contributed by atoms with Gasteiger partial charge in [0.15, 0.2) is 0 Å². The number of carbonyl (C=O) groups is 2. The summed E-state index contributed by atoms with van der Waals surface area (Å²) in [6.07, 6.45) is 4.25. The number of fused-ring (bicyclic) bond motifs is 3.